The van der Waals surface area contributed by atoms with E-state index >= 15 is 0 Å². The highest BCUT2D eigenvalue weighted by Gasteiger charge is 2.22. The molecule has 3 aromatic rings. The summed E-state index contributed by atoms with van der Waals surface area (Å²) in [5.74, 6) is -0.181. The number of thioether (sulfide) groups is 1. The molecule has 0 aliphatic carbocycles. The Balaban J connectivity index is 1.73. The lowest BCUT2D eigenvalue weighted by Crippen LogP contribution is -2.28. The van der Waals surface area contributed by atoms with Crippen LogP contribution in [0.4, 0.5) is 0 Å². The Morgan fingerprint density at radius 3 is 2.36 bits per heavy atom. The fourth-order valence-electron chi connectivity index (χ4n) is 3.34. The molecule has 2 N–H and O–H groups in total. The summed E-state index contributed by atoms with van der Waals surface area (Å²) in [5.41, 5.74) is 2.23. The highest BCUT2D eigenvalue weighted by molar-refractivity contribution is 7.98. The van der Waals surface area contributed by atoms with Gasteiger partial charge in [-0.15, -0.1) is 11.8 Å². The molecule has 0 aliphatic rings. The monoisotopic (exact) mass is 484 g/mol. The second-order valence-corrected chi connectivity index (χ2v) is 10.1. The van der Waals surface area contributed by atoms with Crippen LogP contribution in [-0.4, -0.2) is 34.2 Å². The van der Waals surface area contributed by atoms with E-state index in [1.807, 2.05) is 67.8 Å². The molecule has 0 aliphatic heterocycles. The summed E-state index contributed by atoms with van der Waals surface area (Å²) in [7, 11) is -2.47. The molecule has 0 spiro atoms. The number of carbonyl (C=O) groups excluding carboxylic acids is 1. The maximum Gasteiger partial charge on any atom is 0.251 e. The van der Waals surface area contributed by atoms with Crippen molar-refractivity contribution in [3.8, 4) is 5.75 Å². The van der Waals surface area contributed by atoms with Crippen LogP contribution in [0.5, 0.6) is 5.75 Å². The minimum atomic E-state index is -3.87. The van der Waals surface area contributed by atoms with Crippen molar-refractivity contribution in [1.29, 1.82) is 0 Å². The molecule has 0 fully saturated rings. The van der Waals surface area contributed by atoms with Gasteiger partial charge in [-0.2, -0.15) is 0 Å². The number of nitrogens with one attached hydrogen (secondary N) is 2. The van der Waals surface area contributed by atoms with E-state index in [1.54, 1.807) is 17.8 Å². The summed E-state index contributed by atoms with van der Waals surface area (Å²) in [6.07, 6.45) is 2.56. The van der Waals surface area contributed by atoms with Crippen molar-refractivity contribution >= 4 is 27.7 Å². The van der Waals surface area contributed by atoms with E-state index in [2.05, 4.69) is 10.0 Å². The molecule has 3 rings (SSSR count). The summed E-state index contributed by atoms with van der Waals surface area (Å²) in [5, 5.41) is 2.93. The third-order valence-corrected chi connectivity index (χ3v) is 7.45. The predicted octanol–water partition coefficient (Wildman–Crippen LogP) is 4.43. The van der Waals surface area contributed by atoms with Gasteiger partial charge in [0.2, 0.25) is 10.0 Å². The average molecular weight is 485 g/mol. The second kappa shape index (κ2) is 11.4. The Morgan fingerprint density at radius 1 is 1.03 bits per heavy atom. The van der Waals surface area contributed by atoms with Gasteiger partial charge in [0.15, 0.2) is 0 Å². The van der Waals surface area contributed by atoms with Gasteiger partial charge in [0.25, 0.3) is 5.91 Å². The van der Waals surface area contributed by atoms with Crippen LogP contribution in [0, 0.1) is 0 Å². The van der Waals surface area contributed by atoms with E-state index in [0.29, 0.717) is 6.42 Å². The number of amides is 1. The number of benzene rings is 3. The Bertz CT molecular complexity index is 1180. The SMILES string of the molecule is COc1ccc(C(=O)N[C@@H](C)c2ccc(SC)cc2)cc1S(=O)(=O)NCCc1ccccc1. The van der Waals surface area contributed by atoms with Gasteiger partial charge in [-0.1, -0.05) is 42.5 Å². The highest BCUT2D eigenvalue weighted by atomic mass is 32.2. The van der Waals surface area contributed by atoms with Crippen molar-refractivity contribution in [1.82, 2.24) is 10.0 Å². The summed E-state index contributed by atoms with van der Waals surface area (Å²) < 4.78 is 33.8. The fourth-order valence-corrected chi connectivity index (χ4v) is 4.97. The number of methoxy groups -OCH3 is 1. The van der Waals surface area contributed by atoms with Gasteiger partial charge in [-0.05, 0) is 61.1 Å². The van der Waals surface area contributed by atoms with Crippen molar-refractivity contribution in [2.24, 2.45) is 0 Å². The lowest BCUT2D eigenvalue weighted by molar-refractivity contribution is 0.0939. The molecule has 1 atom stereocenters. The van der Waals surface area contributed by atoms with Gasteiger partial charge < -0.3 is 10.1 Å². The summed E-state index contributed by atoms with van der Waals surface area (Å²) in [4.78, 5) is 13.9. The van der Waals surface area contributed by atoms with Crippen LogP contribution in [0.2, 0.25) is 0 Å². The van der Waals surface area contributed by atoms with Gasteiger partial charge in [-0.25, -0.2) is 13.1 Å². The molecule has 3 aromatic carbocycles. The largest absolute Gasteiger partial charge is 0.495 e. The number of hydrogen-bond acceptors (Lipinski definition) is 5. The minimum absolute atomic E-state index is 0.0670. The van der Waals surface area contributed by atoms with E-state index in [-0.39, 0.29) is 34.7 Å². The first kappa shape index (κ1) is 24.8. The topological polar surface area (TPSA) is 84.5 Å². The first-order valence-electron chi connectivity index (χ1n) is 10.5. The standard InChI is InChI=1S/C25H28N2O4S2/c1-18(20-9-12-22(32-3)13-10-20)27-25(28)21-11-14-23(31-2)24(17-21)33(29,30)26-16-15-19-7-5-4-6-8-19/h4-14,17-18,26H,15-16H2,1-3H3,(H,27,28)/t18-/m0/s1. The smallest absolute Gasteiger partial charge is 0.251 e. The first-order chi connectivity index (χ1) is 15.8. The Morgan fingerprint density at radius 2 is 1.73 bits per heavy atom. The van der Waals surface area contributed by atoms with Crippen molar-refractivity contribution in [3.05, 3.63) is 89.5 Å². The maximum atomic E-state index is 13.0. The van der Waals surface area contributed by atoms with E-state index < -0.39 is 10.0 Å². The van der Waals surface area contributed by atoms with Crippen LogP contribution < -0.4 is 14.8 Å². The number of rotatable bonds is 10. The van der Waals surface area contributed by atoms with Crippen LogP contribution in [0.3, 0.4) is 0 Å². The normalized spacial score (nSPS) is 12.2. The zero-order chi connectivity index (χ0) is 23.8. The van der Waals surface area contributed by atoms with Crippen molar-refractivity contribution in [2.75, 3.05) is 19.9 Å². The molecular weight excluding hydrogens is 456 g/mol. The van der Waals surface area contributed by atoms with Gasteiger partial charge in [0.05, 0.1) is 13.2 Å². The first-order valence-corrected chi connectivity index (χ1v) is 13.2. The van der Waals surface area contributed by atoms with Crippen LogP contribution in [0.1, 0.15) is 34.5 Å². The highest BCUT2D eigenvalue weighted by Crippen LogP contribution is 2.25. The van der Waals surface area contributed by atoms with E-state index in [1.165, 1.54) is 19.2 Å². The summed E-state index contributed by atoms with van der Waals surface area (Å²) in [6.45, 7) is 2.12. The van der Waals surface area contributed by atoms with Gasteiger partial charge in [-0.3, -0.25) is 4.79 Å². The van der Waals surface area contributed by atoms with Crippen LogP contribution in [0.25, 0.3) is 0 Å². The predicted molar refractivity (Wildman–Crippen MR) is 132 cm³/mol. The fraction of sp³-hybridized carbons (Fsp3) is 0.240. The third kappa shape index (κ3) is 6.60. The zero-order valence-corrected chi connectivity index (χ0v) is 20.5. The molecule has 1 amide bonds. The molecule has 0 saturated carbocycles. The molecule has 0 aromatic heterocycles. The Labute approximate surface area is 199 Å². The zero-order valence-electron chi connectivity index (χ0n) is 18.9. The number of carbonyl (C=O) groups is 1. The van der Waals surface area contributed by atoms with Gasteiger partial charge >= 0.3 is 0 Å². The molecular formula is C25H28N2O4S2. The molecule has 0 saturated heterocycles. The molecule has 0 unspecified atom stereocenters. The molecule has 33 heavy (non-hydrogen) atoms. The van der Waals surface area contributed by atoms with Crippen molar-refractivity contribution < 1.29 is 17.9 Å². The van der Waals surface area contributed by atoms with Crippen LogP contribution in [0.15, 0.2) is 82.6 Å². The van der Waals surface area contributed by atoms with E-state index in [4.69, 9.17) is 4.74 Å². The summed E-state index contributed by atoms with van der Waals surface area (Å²) >= 11 is 1.65. The Kier molecular flexibility index (Phi) is 8.55. The molecule has 0 bridgehead atoms. The third-order valence-electron chi connectivity index (χ3n) is 5.23. The van der Waals surface area contributed by atoms with Crippen molar-refractivity contribution in [2.45, 2.75) is 29.2 Å². The lowest BCUT2D eigenvalue weighted by atomic mass is 10.1. The van der Waals surface area contributed by atoms with Crippen molar-refractivity contribution in [3.63, 3.8) is 0 Å². The maximum absolute atomic E-state index is 13.0. The molecule has 0 heterocycles. The number of sulfonamides is 1. The second-order valence-electron chi connectivity index (χ2n) is 7.47. The van der Waals surface area contributed by atoms with E-state index in [0.717, 1.165) is 16.0 Å². The van der Waals surface area contributed by atoms with Gasteiger partial charge in [0, 0.05) is 17.0 Å². The van der Waals surface area contributed by atoms with Crippen LogP contribution in [-0.2, 0) is 16.4 Å². The quantitative estimate of drug-likeness (QED) is 0.416. The Hall–Kier alpha value is -2.81. The summed E-state index contributed by atoms with van der Waals surface area (Å²) in [6, 6.07) is 21.7. The number of ether oxygens (including phenoxy) is 1. The van der Waals surface area contributed by atoms with E-state index in [9.17, 15) is 13.2 Å². The molecule has 174 valence electrons. The molecule has 0 radical (unpaired) electrons. The van der Waals surface area contributed by atoms with Crippen LogP contribution >= 0.6 is 11.8 Å². The minimum Gasteiger partial charge on any atom is -0.495 e. The molecule has 8 heteroatoms. The average Bonchev–Trinajstić information content (AvgIpc) is 2.84. The molecule has 6 nitrogen and oxygen atoms in total. The number of hydrogen-bond donors (Lipinski definition) is 2. The lowest BCUT2D eigenvalue weighted by Gasteiger charge is -2.16. The van der Waals surface area contributed by atoms with Gasteiger partial charge in [0.1, 0.15) is 10.6 Å².